The van der Waals surface area contributed by atoms with E-state index in [1.54, 1.807) is 24.3 Å². The van der Waals surface area contributed by atoms with Crippen LogP contribution in [0.5, 0.6) is 0 Å². The first-order valence-corrected chi connectivity index (χ1v) is 5.16. The first kappa shape index (κ1) is 12.0. The molecular weight excluding hydrogens is 237 g/mol. The number of benzene rings is 1. The van der Waals surface area contributed by atoms with Crippen LogP contribution in [-0.4, -0.2) is 17.0 Å². The van der Waals surface area contributed by atoms with E-state index in [9.17, 15) is 9.59 Å². The number of halogens is 2. The number of carbonyl (C=O) groups is 2. The Hall–Kier alpha value is -1.06. The van der Waals surface area contributed by atoms with Gasteiger partial charge in [0.2, 0.25) is 11.1 Å². The maximum atomic E-state index is 10.9. The van der Waals surface area contributed by atoms with Crippen LogP contribution in [0.4, 0.5) is 5.69 Å². The Morgan fingerprint density at radius 3 is 2.27 bits per heavy atom. The number of alkyl halides is 1. The summed E-state index contributed by atoms with van der Waals surface area (Å²) < 4.78 is 0. The van der Waals surface area contributed by atoms with Crippen molar-refractivity contribution in [3.8, 4) is 0 Å². The minimum Gasteiger partial charge on any atom is -0.325 e. The van der Waals surface area contributed by atoms with Crippen LogP contribution in [0.3, 0.4) is 0 Å². The number of carbonyl (C=O) groups excluding carboxylic acids is 2. The van der Waals surface area contributed by atoms with Crippen LogP contribution >= 0.6 is 23.2 Å². The summed E-state index contributed by atoms with van der Waals surface area (Å²) in [5, 5.41) is 2.17. The third kappa shape index (κ3) is 4.32. The summed E-state index contributed by atoms with van der Waals surface area (Å²) in [7, 11) is 0. The van der Waals surface area contributed by atoms with E-state index in [0.29, 0.717) is 5.69 Å². The first-order chi connectivity index (χ1) is 7.11. The SMILES string of the molecule is O=C(Cl)Cc1ccc(NC(=O)CCl)cc1. The minimum absolute atomic E-state index is 0.0814. The molecule has 0 saturated carbocycles. The maximum absolute atomic E-state index is 10.9. The molecule has 1 amide bonds. The molecule has 0 spiro atoms. The van der Waals surface area contributed by atoms with Crippen molar-refractivity contribution < 1.29 is 9.59 Å². The van der Waals surface area contributed by atoms with Crippen LogP contribution < -0.4 is 5.32 Å². The molecule has 3 nitrogen and oxygen atoms in total. The molecule has 1 rings (SSSR count). The molecular formula is C10H9Cl2NO2. The number of amides is 1. The third-order valence-electron chi connectivity index (χ3n) is 1.70. The van der Waals surface area contributed by atoms with E-state index >= 15 is 0 Å². The summed E-state index contributed by atoms with van der Waals surface area (Å²) in [5.41, 5.74) is 1.45. The van der Waals surface area contributed by atoms with Crippen LogP contribution in [0.15, 0.2) is 24.3 Å². The number of hydrogen-bond donors (Lipinski definition) is 1. The van der Waals surface area contributed by atoms with Gasteiger partial charge in [-0.1, -0.05) is 12.1 Å². The van der Waals surface area contributed by atoms with E-state index < -0.39 is 5.24 Å². The Morgan fingerprint density at radius 2 is 1.80 bits per heavy atom. The zero-order chi connectivity index (χ0) is 11.3. The van der Waals surface area contributed by atoms with Crippen molar-refractivity contribution in [3.63, 3.8) is 0 Å². The Labute approximate surface area is 97.4 Å². The number of anilines is 1. The second kappa shape index (κ2) is 5.73. The third-order valence-corrected chi connectivity index (χ3v) is 2.08. The molecule has 0 aliphatic rings. The van der Waals surface area contributed by atoms with Crippen LogP contribution in [0.1, 0.15) is 5.56 Å². The van der Waals surface area contributed by atoms with Crippen molar-refractivity contribution in [3.05, 3.63) is 29.8 Å². The van der Waals surface area contributed by atoms with Gasteiger partial charge < -0.3 is 5.32 Å². The fraction of sp³-hybridized carbons (Fsp3) is 0.200. The zero-order valence-corrected chi connectivity index (χ0v) is 9.31. The summed E-state index contributed by atoms with van der Waals surface area (Å²) in [6.45, 7) is 0. The molecule has 5 heteroatoms. The van der Waals surface area contributed by atoms with Crippen molar-refractivity contribution >= 4 is 40.0 Å². The van der Waals surface area contributed by atoms with Gasteiger partial charge in [0.05, 0.1) is 0 Å². The van der Waals surface area contributed by atoms with Crippen LogP contribution in [-0.2, 0) is 16.0 Å². The van der Waals surface area contributed by atoms with Gasteiger partial charge >= 0.3 is 0 Å². The number of hydrogen-bond acceptors (Lipinski definition) is 2. The van der Waals surface area contributed by atoms with Gasteiger partial charge in [0.1, 0.15) is 5.88 Å². The molecule has 0 radical (unpaired) electrons. The summed E-state index contributed by atoms with van der Waals surface area (Å²) in [6, 6.07) is 6.84. The van der Waals surface area contributed by atoms with Crippen LogP contribution in [0.2, 0.25) is 0 Å². The quantitative estimate of drug-likeness (QED) is 0.653. The zero-order valence-electron chi connectivity index (χ0n) is 7.80. The van der Waals surface area contributed by atoms with Crippen LogP contribution in [0, 0.1) is 0 Å². The number of nitrogens with one attached hydrogen (secondary N) is 1. The number of rotatable bonds is 4. The Bertz CT molecular complexity index is 362. The molecule has 1 N–H and O–H groups in total. The van der Waals surface area contributed by atoms with E-state index in [1.807, 2.05) is 0 Å². The fourth-order valence-corrected chi connectivity index (χ4v) is 1.28. The monoisotopic (exact) mass is 245 g/mol. The molecule has 0 bridgehead atoms. The van der Waals surface area contributed by atoms with E-state index in [4.69, 9.17) is 23.2 Å². The van der Waals surface area contributed by atoms with Gasteiger partial charge in [-0.2, -0.15) is 0 Å². The van der Waals surface area contributed by atoms with Crippen LogP contribution in [0.25, 0.3) is 0 Å². The highest BCUT2D eigenvalue weighted by Crippen LogP contribution is 2.10. The maximum Gasteiger partial charge on any atom is 0.239 e. The van der Waals surface area contributed by atoms with E-state index in [1.165, 1.54) is 0 Å². The lowest BCUT2D eigenvalue weighted by Gasteiger charge is -2.03. The second-order valence-corrected chi connectivity index (χ2v) is 3.60. The largest absolute Gasteiger partial charge is 0.325 e. The molecule has 0 aliphatic carbocycles. The average molecular weight is 246 g/mol. The van der Waals surface area contributed by atoms with Gasteiger partial charge in [0.25, 0.3) is 0 Å². The Morgan fingerprint density at radius 1 is 1.20 bits per heavy atom. The van der Waals surface area contributed by atoms with Crippen molar-refractivity contribution in [1.82, 2.24) is 0 Å². The molecule has 0 heterocycles. The molecule has 15 heavy (non-hydrogen) atoms. The molecule has 1 aromatic rings. The smallest absolute Gasteiger partial charge is 0.239 e. The standard InChI is InChI=1S/C10H9Cl2NO2/c11-6-10(15)13-8-3-1-7(2-4-8)5-9(12)14/h1-4H,5-6H2,(H,13,15). The summed E-state index contributed by atoms with van der Waals surface area (Å²) in [5.74, 6) is -0.347. The highest BCUT2D eigenvalue weighted by Gasteiger charge is 2.01. The highest BCUT2D eigenvalue weighted by molar-refractivity contribution is 6.63. The molecule has 0 unspecified atom stereocenters. The molecule has 1 aromatic carbocycles. The topological polar surface area (TPSA) is 46.2 Å². The molecule has 0 saturated heterocycles. The Balaban J connectivity index is 2.64. The molecule has 0 aromatic heterocycles. The fourth-order valence-electron chi connectivity index (χ4n) is 1.06. The first-order valence-electron chi connectivity index (χ1n) is 4.25. The molecule has 0 fully saturated rings. The van der Waals surface area contributed by atoms with Gasteiger partial charge in [0.15, 0.2) is 0 Å². The van der Waals surface area contributed by atoms with Gasteiger partial charge in [-0.3, -0.25) is 9.59 Å². The van der Waals surface area contributed by atoms with Gasteiger partial charge in [-0.05, 0) is 29.3 Å². The van der Waals surface area contributed by atoms with Gasteiger partial charge in [0, 0.05) is 12.1 Å². The predicted octanol–water partition coefficient (Wildman–Crippen LogP) is 2.17. The van der Waals surface area contributed by atoms with Gasteiger partial charge in [-0.15, -0.1) is 11.6 Å². The summed E-state index contributed by atoms with van der Waals surface area (Å²) >= 11 is 10.6. The molecule has 0 atom stereocenters. The summed E-state index contributed by atoms with van der Waals surface area (Å²) in [6.07, 6.45) is 0.186. The Kier molecular flexibility index (Phi) is 4.59. The summed E-state index contributed by atoms with van der Waals surface area (Å²) in [4.78, 5) is 21.5. The normalized spacial score (nSPS) is 9.73. The molecule has 0 aliphatic heterocycles. The van der Waals surface area contributed by atoms with E-state index in [0.717, 1.165) is 5.56 Å². The van der Waals surface area contributed by atoms with E-state index in [2.05, 4.69) is 5.32 Å². The van der Waals surface area contributed by atoms with Crippen molar-refractivity contribution in [2.75, 3.05) is 11.2 Å². The predicted molar refractivity (Wildman–Crippen MR) is 60.4 cm³/mol. The van der Waals surface area contributed by atoms with E-state index in [-0.39, 0.29) is 18.2 Å². The minimum atomic E-state index is -0.410. The molecule has 80 valence electrons. The average Bonchev–Trinajstić information content (AvgIpc) is 2.20. The lowest BCUT2D eigenvalue weighted by atomic mass is 10.1. The van der Waals surface area contributed by atoms with Crippen molar-refractivity contribution in [2.24, 2.45) is 0 Å². The van der Waals surface area contributed by atoms with Gasteiger partial charge in [-0.25, -0.2) is 0 Å². The lowest BCUT2D eigenvalue weighted by Crippen LogP contribution is -2.12. The second-order valence-electron chi connectivity index (χ2n) is 2.91. The highest BCUT2D eigenvalue weighted by atomic mass is 35.5. The lowest BCUT2D eigenvalue weighted by molar-refractivity contribution is -0.114. The van der Waals surface area contributed by atoms with Crippen molar-refractivity contribution in [1.29, 1.82) is 0 Å². The van der Waals surface area contributed by atoms with Crippen molar-refractivity contribution in [2.45, 2.75) is 6.42 Å².